The number of nitrogens with one attached hydrogen (secondary N) is 1. The summed E-state index contributed by atoms with van der Waals surface area (Å²) in [5, 5.41) is 6.65. The van der Waals surface area contributed by atoms with Crippen LogP contribution in [0.5, 0.6) is 5.75 Å². The van der Waals surface area contributed by atoms with E-state index >= 15 is 0 Å². The summed E-state index contributed by atoms with van der Waals surface area (Å²) in [7, 11) is 3.66. The van der Waals surface area contributed by atoms with Gasteiger partial charge >= 0.3 is 0 Å². The number of ether oxygens (including phenoxy) is 1. The van der Waals surface area contributed by atoms with Gasteiger partial charge in [-0.3, -0.25) is 4.79 Å². The summed E-state index contributed by atoms with van der Waals surface area (Å²) < 4.78 is 10.7. The predicted molar refractivity (Wildman–Crippen MR) is 84.4 cm³/mol. The number of hydrogen-bond acceptors (Lipinski definition) is 6. The Morgan fingerprint density at radius 2 is 2.22 bits per heavy atom. The van der Waals surface area contributed by atoms with Gasteiger partial charge in [-0.2, -0.15) is 4.98 Å². The summed E-state index contributed by atoms with van der Waals surface area (Å²) in [5.74, 6) is 1.92. The normalized spacial score (nSPS) is 16.3. The number of nitrogens with zero attached hydrogens (tertiary/aromatic N) is 3. The van der Waals surface area contributed by atoms with Crippen LogP contribution in [-0.4, -0.2) is 36.8 Å². The van der Waals surface area contributed by atoms with Gasteiger partial charge in [0.1, 0.15) is 5.75 Å². The molecule has 0 fully saturated rings. The molecule has 0 saturated heterocycles. The van der Waals surface area contributed by atoms with Crippen molar-refractivity contribution in [1.82, 2.24) is 15.5 Å². The van der Waals surface area contributed by atoms with Gasteiger partial charge in [0.25, 0.3) is 5.95 Å². The molecule has 2 aromatic rings. The van der Waals surface area contributed by atoms with Gasteiger partial charge in [-0.25, -0.2) is 0 Å². The standard InChI is InChI=1S/C16H20N4O3/c1-20(2)16-18-15(23-19-16)10-17-14(21)9-11-7-8-22-13-6-4-3-5-12(11)13/h3-6,11H,7-10H2,1-2H3,(H,17,21)/t11-/m0/s1. The molecule has 0 saturated carbocycles. The highest BCUT2D eigenvalue weighted by Crippen LogP contribution is 2.35. The van der Waals surface area contributed by atoms with Gasteiger partial charge in [-0.05, 0) is 29.1 Å². The van der Waals surface area contributed by atoms with Gasteiger partial charge in [0, 0.05) is 20.5 Å². The number of para-hydroxylation sites is 1. The van der Waals surface area contributed by atoms with Crippen molar-refractivity contribution in [2.45, 2.75) is 25.3 Å². The lowest BCUT2D eigenvalue weighted by molar-refractivity contribution is -0.121. The van der Waals surface area contributed by atoms with E-state index in [1.807, 2.05) is 38.4 Å². The van der Waals surface area contributed by atoms with Crippen molar-refractivity contribution < 1.29 is 14.1 Å². The molecule has 0 bridgehead atoms. The van der Waals surface area contributed by atoms with Crippen molar-refractivity contribution >= 4 is 11.9 Å². The van der Waals surface area contributed by atoms with Gasteiger partial charge in [0.2, 0.25) is 11.8 Å². The lowest BCUT2D eigenvalue weighted by Crippen LogP contribution is -2.26. The van der Waals surface area contributed by atoms with Crippen molar-refractivity contribution in [1.29, 1.82) is 0 Å². The molecule has 7 heteroatoms. The number of fused-ring (bicyclic) bond motifs is 1. The lowest BCUT2D eigenvalue weighted by Gasteiger charge is -2.25. The fraction of sp³-hybridized carbons (Fsp3) is 0.438. The van der Waals surface area contributed by atoms with Crippen LogP contribution in [0.15, 0.2) is 28.8 Å². The second-order valence-corrected chi connectivity index (χ2v) is 5.74. The molecule has 2 heterocycles. The van der Waals surface area contributed by atoms with Gasteiger partial charge in [-0.15, -0.1) is 0 Å². The molecule has 1 aliphatic heterocycles. The van der Waals surface area contributed by atoms with Gasteiger partial charge in [0.05, 0.1) is 13.2 Å². The third-order valence-electron chi connectivity index (χ3n) is 3.81. The Morgan fingerprint density at radius 1 is 1.39 bits per heavy atom. The average Bonchev–Trinajstić information content (AvgIpc) is 3.03. The molecule has 1 aromatic heterocycles. The van der Waals surface area contributed by atoms with E-state index in [2.05, 4.69) is 15.5 Å². The van der Waals surface area contributed by atoms with Crippen LogP contribution < -0.4 is 15.0 Å². The highest BCUT2D eigenvalue weighted by Gasteiger charge is 2.23. The van der Waals surface area contributed by atoms with Crippen LogP contribution >= 0.6 is 0 Å². The van der Waals surface area contributed by atoms with Gasteiger partial charge < -0.3 is 19.5 Å². The number of carbonyl (C=O) groups excluding carboxylic acids is 1. The minimum Gasteiger partial charge on any atom is -0.493 e. The Bertz CT molecular complexity index is 683. The summed E-state index contributed by atoms with van der Waals surface area (Å²) in [6.07, 6.45) is 1.27. The number of aromatic nitrogens is 2. The van der Waals surface area contributed by atoms with Crippen molar-refractivity contribution in [3.8, 4) is 5.75 Å². The van der Waals surface area contributed by atoms with E-state index in [1.165, 1.54) is 0 Å². The zero-order valence-corrected chi connectivity index (χ0v) is 13.3. The average molecular weight is 316 g/mol. The molecular weight excluding hydrogens is 296 g/mol. The topological polar surface area (TPSA) is 80.5 Å². The third kappa shape index (κ3) is 3.61. The summed E-state index contributed by atoms with van der Waals surface area (Å²) in [6.45, 7) is 0.884. The molecule has 0 unspecified atom stereocenters. The lowest BCUT2D eigenvalue weighted by atomic mass is 9.90. The largest absolute Gasteiger partial charge is 0.493 e. The molecule has 0 aliphatic carbocycles. The summed E-state index contributed by atoms with van der Waals surface area (Å²) in [5.41, 5.74) is 1.10. The Morgan fingerprint density at radius 3 is 3.00 bits per heavy atom. The predicted octanol–water partition coefficient (Wildman–Crippen LogP) is 1.71. The monoisotopic (exact) mass is 316 g/mol. The van der Waals surface area contributed by atoms with Crippen molar-refractivity contribution in [3.05, 3.63) is 35.7 Å². The fourth-order valence-electron chi connectivity index (χ4n) is 2.60. The molecule has 1 aliphatic rings. The molecule has 1 aromatic carbocycles. The Balaban J connectivity index is 1.55. The van der Waals surface area contributed by atoms with Gasteiger partial charge in [0.15, 0.2) is 0 Å². The van der Waals surface area contributed by atoms with Crippen molar-refractivity contribution in [2.75, 3.05) is 25.6 Å². The highest BCUT2D eigenvalue weighted by molar-refractivity contribution is 5.77. The maximum atomic E-state index is 12.2. The van der Waals surface area contributed by atoms with Crippen LogP contribution in [0.25, 0.3) is 0 Å². The molecular formula is C16H20N4O3. The second kappa shape index (κ2) is 6.68. The number of amides is 1. The number of benzene rings is 1. The van der Waals surface area contributed by atoms with Crippen LogP contribution in [0.4, 0.5) is 5.95 Å². The molecule has 122 valence electrons. The molecule has 1 atom stereocenters. The van der Waals surface area contributed by atoms with Crippen LogP contribution in [0, 0.1) is 0 Å². The zero-order chi connectivity index (χ0) is 16.2. The summed E-state index contributed by atoms with van der Waals surface area (Å²) in [6, 6.07) is 7.88. The zero-order valence-electron chi connectivity index (χ0n) is 13.3. The van der Waals surface area contributed by atoms with Crippen LogP contribution in [0.3, 0.4) is 0 Å². The molecule has 0 radical (unpaired) electrons. The number of rotatable bonds is 5. The molecule has 1 amide bonds. The smallest absolute Gasteiger partial charge is 0.265 e. The van der Waals surface area contributed by atoms with E-state index in [0.717, 1.165) is 17.7 Å². The molecule has 0 spiro atoms. The van der Waals surface area contributed by atoms with E-state index in [0.29, 0.717) is 24.9 Å². The number of hydrogen-bond donors (Lipinski definition) is 1. The van der Waals surface area contributed by atoms with Gasteiger partial charge in [-0.1, -0.05) is 18.2 Å². The van der Waals surface area contributed by atoms with E-state index in [-0.39, 0.29) is 18.4 Å². The molecule has 3 rings (SSSR count). The Labute approximate surface area is 134 Å². The van der Waals surface area contributed by atoms with Crippen LogP contribution in [-0.2, 0) is 11.3 Å². The first-order chi connectivity index (χ1) is 11.1. The Kier molecular flexibility index (Phi) is 4.45. The van der Waals surface area contributed by atoms with Crippen molar-refractivity contribution in [2.24, 2.45) is 0 Å². The van der Waals surface area contributed by atoms with E-state index in [4.69, 9.17) is 9.26 Å². The number of anilines is 1. The first kappa shape index (κ1) is 15.3. The number of carbonyl (C=O) groups is 1. The molecule has 23 heavy (non-hydrogen) atoms. The maximum absolute atomic E-state index is 12.2. The first-order valence-corrected chi connectivity index (χ1v) is 7.62. The van der Waals surface area contributed by atoms with E-state index in [9.17, 15) is 4.79 Å². The fourth-order valence-corrected chi connectivity index (χ4v) is 2.60. The summed E-state index contributed by atoms with van der Waals surface area (Å²) >= 11 is 0. The summed E-state index contributed by atoms with van der Waals surface area (Å²) in [4.78, 5) is 18.1. The SMILES string of the molecule is CN(C)c1noc(CNC(=O)C[C@@H]2CCOc3ccccc32)n1. The van der Waals surface area contributed by atoms with Crippen molar-refractivity contribution in [3.63, 3.8) is 0 Å². The second-order valence-electron chi connectivity index (χ2n) is 5.74. The molecule has 1 N–H and O–H groups in total. The highest BCUT2D eigenvalue weighted by atomic mass is 16.5. The third-order valence-corrected chi connectivity index (χ3v) is 3.81. The first-order valence-electron chi connectivity index (χ1n) is 7.62. The van der Waals surface area contributed by atoms with E-state index in [1.54, 1.807) is 4.90 Å². The van der Waals surface area contributed by atoms with Crippen LogP contribution in [0.2, 0.25) is 0 Å². The minimum atomic E-state index is -0.0312. The van der Waals surface area contributed by atoms with E-state index < -0.39 is 0 Å². The quantitative estimate of drug-likeness (QED) is 0.904. The maximum Gasteiger partial charge on any atom is 0.265 e. The van der Waals surface area contributed by atoms with Crippen LogP contribution in [0.1, 0.15) is 30.2 Å². The molecule has 7 nitrogen and oxygen atoms in total. The minimum absolute atomic E-state index is 0.0312. The Hall–Kier alpha value is -2.57.